The Morgan fingerprint density at radius 1 is 1.64 bits per heavy atom. The second kappa shape index (κ2) is 5.55. The highest BCUT2D eigenvalue weighted by molar-refractivity contribution is 5.86. The fraction of sp³-hybridized carbons (Fsp3) is 0.583. The number of ether oxygens (including phenoxy) is 2. The van der Waals surface area contributed by atoms with Gasteiger partial charge < -0.3 is 25.2 Å². The minimum Gasteiger partial charge on any atom is -0.390 e. The molecule has 1 aromatic heterocycles. The van der Waals surface area contributed by atoms with E-state index in [1.54, 1.807) is 4.90 Å². The van der Waals surface area contributed by atoms with Gasteiger partial charge in [-0.2, -0.15) is 4.98 Å². The molecule has 0 saturated carbocycles. The quantitative estimate of drug-likeness (QED) is 0.555. The maximum absolute atomic E-state index is 12.0. The molecule has 0 aliphatic carbocycles. The van der Waals surface area contributed by atoms with Crippen molar-refractivity contribution in [2.45, 2.75) is 24.9 Å². The van der Waals surface area contributed by atoms with E-state index in [-0.39, 0.29) is 30.7 Å². The Balaban J connectivity index is 1.92. The third-order valence-corrected chi connectivity index (χ3v) is 3.77. The molecule has 0 spiro atoms. The van der Waals surface area contributed by atoms with Crippen molar-refractivity contribution in [3.8, 4) is 0 Å². The van der Waals surface area contributed by atoms with Crippen LogP contribution in [0.4, 0.5) is 17.5 Å². The van der Waals surface area contributed by atoms with Crippen molar-refractivity contribution in [2.24, 2.45) is 0 Å². The van der Waals surface area contributed by atoms with Gasteiger partial charge in [0.2, 0.25) is 12.4 Å². The average molecular weight is 311 g/mol. The number of hydrogen-bond donors (Lipinski definition) is 3. The minimum atomic E-state index is -0.696. The summed E-state index contributed by atoms with van der Waals surface area (Å²) < 4.78 is 10.7. The number of nitrogen functional groups attached to an aromatic ring is 1. The first-order valence-electron chi connectivity index (χ1n) is 6.76. The summed E-state index contributed by atoms with van der Waals surface area (Å²) in [6.45, 7) is 0.357. The average Bonchev–Trinajstić information content (AvgIpc) is 3.00. The normalized spacial score (nSPS) is 27.3. The van der Waals surface area contributed by atoms with E-state index in [1.807, 2.05) is 0 Å². The number of methoxy groups -OCH3 is 1. The van der Waals surface area contributed by atoms with Gasteiger partial charge in [-0.25, -0.2) is 0 Å². The summed E-state index contributed by atoms with van der Waals surface area (Å²) in [6, 6.07) is 0. The van der Waals surface area contributed by atoms with Gasteiger partial charge >= 0.3 is 0 Å². The second-order valence-corrected chi connectivity index (χ2v) is 5.20. The molecule has 0 aromatic carbocycles. The van der Waals surface area contributed by atoms with Crippen LogP contribution in [0.25, 0.3) is 0 Å². The third-order valence-electron chi connectivity index (χ3n) is 3.77. The molecule has 1 saturated heterocycles. The van der Waals surface area contributed by atoms with Gasteiger partial charge in [0.25, 0.3) is 5.56 Å². The summed E-state index contributed by atoms with van der Waals surface area (Å²) in [5.41, 5.74) is 5.20. The summed E-state index contributed by atoms with van der Waals surface area (Å²) in [5.74, 6) is 0.220. The highest BCUT2D eigenvalue weighted by atomic mass is 16.6. The van der Waals surface area contributed by atoms with E-state index in [9.17, 15) is 14.7 Å². The van der Waals surface area contributed by atoms with Crippen molar-refractivity contribution < 1.29 is 19.4 Å². The number of H-pyrrole nitrogens is 1. The number of carbonyl (C=O) groups excluding carboxylic acids is 1. The van der Waals surface area contributed by atoms with Crippen molar-refractivity contribution in [1.82, 2.24) is 9.97 Å². The van der Waals surface area contributed by atoms with Gasteiger partial charge in [-0.05, 0) is 0 Å². The van der Waals surface area contributed by atoms with E-state index in [0.29, 0.717) is 12.8 Å². The topological polar surface area (TPSA) is 134 Å². The van der Waals surface area contributed by atoms with Crippen molar-refractivity contribution in [1.29, 1.82) is 0 Å². The predicted octanol–water partition coefficient (Wildman–Crippen LogP) is -1.79. The zero-order valence-electron chi connectivity index (χ0n) is 11.9. The van der Waals surface area contributed by atoms with Crippen LogP contribution in [0.2, 0.25) is 0 Å². The number of nitrogens with zero attached hydrogens (tertiary/aromatic N) is 3. The highest BCUT2D eigenvalue weighted by Crippen LogP contribution is 2.35. The van der Waals surface area contributed by atoms with Gasteiger partial charge in [-0.15, -0.1) is 0 Å². The number of carbonyl (C=O) groups is 1. The van der Waals surface area contributed by atoms with Crippen LogP contribution < -0.4 is 21.1 Å². The van der Waals surface area contributed by atoms with Crippen LogP contribution in [0.5, 0.6) is 0 Å². The van der Waals surface area contributed by atoms with Crippen molar-refractivity contribution in [3.05, 3.63) is 10.4 Å². The number of amides is 1. The largest absolute Gasteiger partial charge is 0.390 e. The Bertz CT molecular complexity index is 635. The zero-order chi connectivity index (χ0) is 15.9. The molecule has 22 heavy (non-hydrogen) atoms. The van der Waals surface area contributed by atoms with E-state index in [2.05, 4.69) is 9.97 Å². The second-order valence-electron chi connectivity index (χ2n) is 5.20. The van der Waals surface area contributed by atoms with E-state index in [4.69, 9.17) is 15.2 Å². The monoisotopic (exact) mass is 311 g/mol. The van der Waals surface area contributed by atoms with Crippen LogP contribution in [0.15, 0.2) is 4.79 Å². The lowest BCUT2D eigenvalue weighted by atomic mass is 10.2. The Morgan fingerprint density at radius 2 is 2.41 bits per heavy atom. The van der Waals surface area contributed by atoms with Crippen LogP contribution in [0.1, 0.15) is 6.42 Å². The summed E-state index contributed by atoms with van der Waals surface area (Å²) in [4.78, 5) is 32.5. The van der Waals surface area contributed by atoms with Crippen LogP contribution >= 0.6 is 0 Å². The number of rotatable bonds is 4. The van der Waals surface area contributed by atoms with Crippen molar-refractivity contribution in [3.63, 3.8) is 0 Å². The molecule has 0 radical (unpaired) electrons. The molecule has 0 unspecified atom stereocenters. The number of nitrogens with one attached hydrogen (secondary N) is 1. The number of anilines is 3. The molecule has 3 atom stereocenters. The lowest BCUT2D eigenvalue weighted by Gasteiger charge is -2.25. The summed E-state index contributed by atoms with van der Waals surface area (Å²) >= 11 is 0. The van der Waals surface area contributed by atoms with E-state index >= 15 is 0 Å². The molecule has 1 fully saturated rings. The molecular weight excluding hydrogens is 294 g/mol. The van der Waals surface area contributed by atoms with Crippen molar-refractivity contribution >= 4 is 23.9 Å². The molecule has 1 aromatic rings. The molecule has 3 heterocycles. The number of aliphatic hydroxyl groups excluding tert-OH is 1. The van der Waals surface area contributed by atoms with Crippen LogP contribution in [-0.2, 0) is 14.3 Å². The van der Waals surface area contributed by atoms with E-state index < -0.39 is 24.0 Å². The van der Waals surface area contributed by atoms with E-state index in [0.717, 1.165) is 0 Å². The summed E-state index contributed by atoms with van der Waals surface area (Å²) in [7, 11) is 1.52. The van der Waals surface area contributed by atoms with Gasteiger partial charge in [0.05, 0.1) is 12.7 Å². The van der Waals surface area contributed by atoms with Gasteiger partial charge in [-0.3, -0.25) is 19.5 Å². The number of fused-ring (bicyclic) bond motifs is 1. The number of nitrogens with two attached hydrogens (primary N) is 1. The third kappa shape index (κ3) is 2.30. The first kappa shape index (κ1) is 14.8. The summed E-state index contributed by atoms with van der Waals surface area (Å²) in [6.07, 6.45) is -0.827. The number of aromatic nitrogens is 2. The molecule has 0 bridgehead atoms. The standard InChI is InChI=1S/C12H17N5O5/c1-21-3-7-6(19)2-8(22-7)17-4-16(5-18)9-10(17)14-12(13)15-11(9)20/h5-8,19H,2-4H2,1H3,(H3,13,14,15,20)/t6-,7+,8+/m0/s1. The predicted molar refractivity (Wildman–Crippen MR) is 76.3 cm³/mol. The van der Waals surface area contributed by atoms with Crippen molar-refractivity contribution in [2.75, 3.05) is 35.9 Å². The fourth-order valence-corrected chi connectivity index (χ4v) is 2.77. The van der Waals surface area contributed by atoms with Crippen LogP contribution in [0, 0.1) is 0 Å². The molecular formula is C12H17N5O5. The zero-order valence-corrected chi connectivity index (χ0v) is 11.9. The van der Waals surface area contributed by atoms with Gasteiger partial charge in [0.15, 0.2) is 11.5 Å². The highest BCUT2D eigenvalue weighted by Gasteiger charge is 2.42. The molecule has 3 rings (SSSR count). The number of aliphatic hydroxyl groups is 1. The van der Waals surface area contributed by atoms with Gasteiger partial charge in [0, 0.05) is 13.5 Å². The van der Waals surface area contributed by atoms with Gasteiger partial charge in [-0.1, -0.05) is 0 Å². The fourth-order valence-electron chi connectivity index (χ4n) is 2.77. The minimum absolute atomic E-state index is 0.0477. The van der Waals surface area contributed by atoms with Crippen LogP contribution in [-0.4, -0.2) is 60.3 Å². The maximum Gasteiger partial charge on any atom is 0.278 e. The van der Waals surface area contributed by atoms with Crippen LogP contribution in [0.3, 0.4) is 0 Å². The lowest BCUT2D eigenvalue weighted by molar-refractivity contribution is -0.107. The Hall–Kier alpha value is -2.17. The molecule has 10 heteroatoms. The summed E-state index contributed by atoms with van der Waals surface area (Å²) in [5, 5.41) is 10.0. The van der Waals surface area contributed by atoms with Gasteiger partial charge in [0.1, 0.15) is 19.0 Å². The molecule has 4 N–H and O–H groups in total. The smallest absolute Gasteiger partial charge is 0.278 e. The molecule has 2 aliphatic rings. The first-order chi connectivity index (χ1) is 10.5. The molecule has 1 amide bonds. The molecule has 2 aliphatic heterocycles. The lowest BCUT2D eigenvalue weighted by Crippen LogP contribution is -2.39. The Labute approximate surface area is 125 Å². The number of aromatic amines is 1. The maximum atomic E-state index is 12.0. The first-order valence-corrected chi connectivity index (χ1v) is 6.76. The SMILES string of the molecule is COC[C@H]1O[C@@H](N2CN(C=O)c3c2nc(N)[nH]c3=O)C[C@@H]1O. The molecule has 120 valence electrons. The molecule has 10 nitrogen and oxygen atoms in total. The van der Waals surface area contributed by atoms with E-state index in [1.165, 1.54) is 12.0 Å². The number of hydrogen-bond acceptors (Lipinski definition) is 8. The Morgan fingerprint density at radius 3 is 3.09 bits per heavy atom. The Kier molecular flexibility index (Phi) is 3.72.